The highest BCUT2D eigenvalue weighted by Crippen LogP contribution is 2.11. The molecule has 0 spiro atoms. The van der Waals surface area contributed by atoms with Gasteiger partial charge in [0.1, 0.15) is 0 Å². The second-order valence-electron chi connectivity index (χ2n) is 4.19. The molecule has 1 aliphatic heterocycles. The smallest absolute Gasteiger partial charge is 0.0564 e. The van der Waals surface area contributed by atoms with Crippen molar-refractivity contribution in [2.45, 2.75) is 13.5 Å². The van der Waals surface area contributed by atoms with Gasteiger partial charge in [-0.05, 0) is 19.1 Å². The molecule has 0 radical (unpaired) electrons. The fourth-order valence-corrected chi connectivity index (χ4v) is 3.07. The third-order valence-electron chi connectivity index (χ3n) is 2.85. The van der Waals surface area contributed by atoms with Crippen LogP contribution in [0.1, 0.15) is 12.6 Å². The molecule has 1 N–H and O–H groups in total. The van der Waals surface area contributed by atoms with Crippen LogP contribution in [0.4, 0.5) is 5.69 Å². The average Bonchev–Trinajstić information content (AvgIpc) is 2.33. The number of nitrogens with zero attached hydrogens (tertiary/aromatic N) is 2. The molecule has 0 bridgehead atoms. The predicted molar refractivity (Wildman–Crippen MR) is 71.6 cm³/mol. The second-order valence-corrected chi connectivity index (χ2v) is 5.89. The minimum atomic E-state index is -0.601. The van der Waals surface area contributed by atoms with Gasteiger partial charge in [-0.2, -0.15) is 0 Å². The van der Waals surface area contributed by atoms with Gasteiger partial charge in [0.05, 0.1) is 5.69 Å². The average molecular weight is 253 g/mol. The summed E-state index contributed by atoms with van der Waals surface area (Å²) in [4.78, 5) is 6.70. The summed E-state index contributed by atoms with van der Waals surface area (Å²) in [5.41, 5.74) is 2.20. The number of aromatic nitrogens is 1. The first-order valence-corrected chi connectivity index (χ1v) is 7.53. The fourth-order valence-electron chi connectivity index (χ4n) is 1.94. The Hall–Kier alpha value is -0.940. The topological polar surface area (TPSA) is 45.2 Å². The van der Waals surface area contributed by atoms with Crippen molar-refractivity contribution in [1.29, 1.82) is 0 Å². The van der Waals surface area contributed by atoms with E-state index in [9.17, 15) is 4.21 Å². The van der Waals surface area contributed by atoms with Gasteiger partial charge < -0.3 is 5.32 Å². The number of nitrogens with one attached hydrogen (secondary N) is 1. The highest BCUT2D eigenvalue weighted by molar-refractivity contribution is 7.85. The molecule has 1 fully saturated rings. The molecule has 5 heteroatoms. The lowest BCUT2D eigenvalue weighted by atomic mass is 10.3. The van der Waals surface area contributed by atoms with E-state index >= 15 is 0 Å². The van der Waals surface area contributed by atoms with E-state index in [4.69, 9.17) is 0 Å². The molecule has 1 aromatic heterocycles. The summed E-state index contributed by atoms with van der Waals surface area (Å²) in [5.74, 6) is 1.60. The van der Waals surface area contributed by atoms with Gasteiger partial charge in [-0.1, -0.05) is 0 Å². The van der Waals surface area contributed by atoms with Gasteiger partial charge in [-0.25, -0.2) is 0 Å². The summed E-state index contributed by atoms with van der Waals surface area (Å²) in [6.45, 7) is 5.70. The lowest BCUT2D eigenvalue weighted by Crippen LogP contribution is -2.37. The monoisotopic (exact) mass is 253 g/mol. The Labute approximate surface area is 105 Å². The number of anilines is 1. The Kier molecular flexibility index (Phi) is 4.50. The maximum Gasteiger partial charge on any atom is 0.0564 e. The quantitative estimate of drug-likeness (QED) is 0.872. The van der Waals surface area contributed by atoms with Crippen LogP contribution < -0.4 is 5.32 Å². The molecule has 0 aliphatic carbocycles. The summed E-state index contributed by atoms with van der Waals surface area (Å²) >= 11 is 0. The molecular formula is C12H19N3OS. The van der Waals surface area contributed by atoms with Crippen LogP contribution in [0, 0.1) is 0 Å². The number of pyridine rings is 1. The first-order valence-electron chi connectivity index (χ1n) is 6.04. The van der Waals surface area contributed by atoms with Crippen LogP contribution in [0.2, 0.25) is 0 Å². The Morgan fingerprint density at radius 3 is 2.94 bits per heavy atom. The second kappa shape index (κ2) is 6.12. The summed E-state index contributed by atoms with van der Waals surface area (Å²) in [7, 11) is -0.601. The third-order valence-corrected chi connectivity index (χ3v) is 4.13. The van der Waals surface area contributed by atoms with Crippen molar-refractivity contribution in [2.24, 2.45) is 0 Å². The van der Waals surface area contributed by atoms with Gasteiger partial charge in [0, 0.05) is 60.4 Å². The zero-order chi connectivity index (χ0) is 12.1. The molecule has 17 heavy (non-hydrogen) atoms. The Bertz CT molecular complexity index is 387. The van der Waals surface area contributed by atoms with E-state index in [0.29, 0.717) is 0 Å². The molecule has 0 aromatic carbocycles. The molecule has 0 saturated carbocycles. The molecule has 1 aliphatic rings. The van der Waals surface area contributed by atoms with E-state index in [1.54, 1.807) is 0 Å². The van der Waals surface area contributed by atoms with Crippen LogP contribution in [0.5, 0.6) is 0 Å². The van der Waals surface area contributed by atoms with Gasteiger partial charge in [0.2, 0.25) is 0 Å². The van der Waals surface area contributed by atoms with Crippen LogP contribution in [0.25, 0.3) is 0 Å². The third kappa shape index (κ3) is 3.78. The Balaban J connectivity index is 1.93. The number of hydrogen-bond acceptors (Lipinski definition) is 4. The van der Waals surface area contributed by atoms with Crippen LogP contribution in [0.15, 0.2) is 18.3 Å². The minimum absolute atomic E-state index is 0.601. The molecule has 1 aromatic rings. The van der Waals surface area contributed by atoms with Crippen molar-refractivity contribution < 1.29 is 4.21 Å². The molecule has 2 rings (SSSR count). The van der Waals surface area contributed by atoms with Gasteiger partial charge in [0.15, 0.2) is 0 Å². The normalized spacial score (nSPS) is 18.2. The molecule has 94 valence electrons. The van der Waals surface area contributed by atoms with E-state index in [2.05, 4.69) is 28.2 Å². The highest BCUT2D eigenvalue weighted by Gasteiger charge is 2.15. The van der Waals surface area contributed by atoms with Crippen molar-refractivity contribution in [1.82, 2.24) is 9.88 Å². The van der Waals surface area contributed by atoms with E-state index in [-0.39, 0.29) is 0 Å². The van der Waals surface area contributed by atoms with Crippen molar-refractivity contribution in [3.05, 3.63) is 24.0 Å². The van der Waals surface area contributed by atoms with Crippen molar-refractivity contribution in [3.63, 3.8) is 0 Å². The van der Waals surface area contributed by atoms with Crippen LogP contribution >= 0.6 is 0 Å². The molecule has 0 unspecified atom stereocenters. The maximum atomic E-state index is 11.3. The first-order chi connectivity index (χ1) is 8.28. The van der Waals surface area contributed by atoms with Crippen molar-refractivity contribution in [2.75, 3.05) is 36.5 Å². The summed E-state index contributed by atoms with van der Waals surface area (Å²) in [6.07, 6.45) is 1.84. The molecule has 0 amide bonds. The largest absolute Gasteiger partial charge is 0.385 e. The summed E-state index contributed by atoms with van der Waals surface area (Å²) in [5, 5.41) is 3.29. The lowest BCUT2D eigenvalue weighted by Gasteiger charge is -2.25. The SMILES string of the molecule is CCNc1ccnc(CN2CCS(=O)CC2)c1. The number of rotatable bonds is 4. The maximum absolute atomic E-state index is 11.3. The molecular weight excluding hydrogens is 234 g/mol. The fraction of sp³-hybridized carbons (Fsp3) is 0.583. The predicted octanol–water partition coefficient (Wildman–Crippen LogP) is 1.08. The molecule has 0 atom stereocenters. The van der Waals surface area contributed by atoms with Crippen molar-refractivity contribution >= 4 is 16.5 Å². The van der Waals surface area contributed by atoms with Gasteiger partial charge in [-0.15, -0.1) is 0 Å². The van der Waals surface area contributed by atoms with E-state index in [1.807, 2.05) is 12.3 Å². The highest BCUT2D eigenvalue weighted by atomic mass is 32.2. The summed E-state index contributed by atoms with van der Waals surface area (Å²) < 4.78 is 11.3. The van der Waals surface area contributed by atoms with Crippen molar-refractivity contribution in [3.8, 4) is 0 Å². The molecule has 2 heterocycles. The molecule has 4 nitrogen and oxygen atoms in total. The van der Waals surface area contributed by atoms with Crippen LogP contribution in [-0.2, 0) is 17.3 Å². The van der Waals surface area contributed by atoms with E-state index in [0.717, 1.165) is 49.1 Å². The Morgan fingerprint density at radius 1 is 1.47 bits per heavy atom. The van der Waals surface area contributed by atoms with Gasteiger partial charge in [-0.3, -0.25) is 14.1 Å². The van der Waals surface area contributed by atoms with E-state index < -0.39 is 10.8 Å². The standard InChI is InChI=1S/C12H19N3OS/c1-2-13-11-3-4-14-12(9-11)10-15-5-7-17(16)8-6-15/h3-4,9H,2,5-8,10H2,1H3,(H,13,14). The molecule has 1 saturated heterocycles. The van der Waals surface area contributed by atoms with Gasteiger partial charge >= 0.3 is 0 Å². The summed E-state index contributed by atoms with van der Waals surface area (Å²) in [6, 6.07) is 4.08. The van der Waals surface area contributed by atoms with Gasteiger partial charge in [0.25, 0.3) is 0 Å². The minimum Gasteiger partial charge on any atom is -0.385 e. The zero-order valence-corrected chi connectivity index (χ0v) is 11.0. The lowest BCUT2D eigenvalue weighted by molar-refractivity contribution is 0.288. The zero-order valence-electron chi connectivity index (χ0n) is 10.2. The van der Waals surface area contributed by atoms with Crippen LogP contribution in [-0.4, -0.2) is 45.2 Å². The van der Waals surface area contributed by atoms with E-state index in [1.165, 1.54) is 0 Å². The Morgan fingerprint density at radius 2 is 2.24 bits per heavy atom. The van der Waals surface area contributed by atoms with Crippen LogP contribution in [0.3, 0.4) is 0 Å². The number of hydrogen-bond donors (Lipinski definition) is 1. The first kappa shape index (κ1) is 12.5.